The summed E-state index contributed by atoms with van der Waals surface area (Å²) in [4.78, 5) is 27.7. The van der Waals surface area contributed by atoms with Gasteiger partial charge in [0.05, 0.1) is 17.8 Å². The summed E-state index contributed by atoms with van der Waals surface area (Å²) in [7, 11) is 0. The molecular formula is C11H12N4O3S. The number of aryl methyl sites for hydroxylation is 1. The molecule has 2 aromatic rings. The molecule has 0 aliphatic rings. The Kier molecular flexibility index (Phi) is 3.61. The Hall–Kier alpha value is -2.22. The highest BCUT2D eigenvalue weighted by molar-refractivity contribution is 7.09. The number of thiazole rings is 1. The van der Waals surface area contributed by atoms with Crippen LogP contribution in [-0.2, 0) is 4.74 Å². The number of nitrogens with two attached hydrogens (primary N) is 1. The van der Waals surface area contributed by atoms with Crippen LogP contribution in [0.1, 0.15) is 32.8 Å². The summed E-state index contributed by atoms with van der Waals surface area (Å²) in [5.41, 5.74) is 6.05. The molecule has 8 heteroatoms. The predicted molar refractivity (Wildman–Crippen MR) is 69.2 cm³/mol. The zero-order valence-electron chi connectivity index (χ0n) is 10.4. The van der Waals surface area contributed by atoms with Crippen LogP contribution in [0.5, 0.6) is 0 Å². The number of hydrogen-bond donors (Lipinski definition) is 1. The molecule has 0 bridgehead atoms. The maximum Gasteiger partial charge on any atom is 0.343 e. The summed E-state index contributed by atoms with van der Waals surface area (Å²) in [6.45, 7) is 3.70. The Morgan fingerprint density at radius 3 is 2.84 bits per heavy atom. The minimum absolute atomic E-state index is 0.0471. The van der Waals surface area contributed by atoms with Crippen molar-refractivity contribution in [2.24, 2.45) is 0 Å². The van der Waals surface area contributed by atoms with Crippen LogP contribution in [0, 0.1) is 6.92 Å². The van der Waals surface area contributed by atoms with Crippen molar-refractivity contribution in [2.75, 3.05) is 12.3 Å². The molecule has 0 amide bonds. The maximum atomic E-state index is 12.1. The van der Waals surface area contributed by atoms with Gasteiger partial charge in [-0.25, -0.2) is 9.78 Å². The number of ether oxygens (including phenoxy) is 1. The van der Waals surface area contributed by atoms with Crippen LogP contribution in [0.4, 0.5) is 5.82 Å². The zero-order chi connectivity index (χ0) is 14.0. The molecule has 0 aliphatic carbocycles. The van der Waals surface area contributed by atoms with E-state index < -0.39 is 11.9 Å². The molecule has 2 heterocycles. The first-order chi connectivity index (χ1) is 9.04. The van der Waals surface area contributed by atoms with E-state index in [0.717, 1.165) is 9.69 Å². The molecular weight excluding hydrogens is 268 g/mol. The Morgan fingerprint density at radius 2 is 2.26 bits per heavy atom. The second-order valence-electron chi connectivity index (χ2n) is 3.63. The van der Waals surface area contributed by atoms with Crippen LogP contribution in [0.2, 0.25) is 0 Å². The lowest BCUT2D eigenvalue weighted by Gasteiger charge is -2.02. The van der Waals surface area contributed by atoms with Crippen LogP contribution in [0.3, 0.4) is 0 Å². The van der Waals surface area contributed by atoms with Gasteiger partial charge in [-0.3, -0.25) is 4.79 Å². The molecule has 7 nitrogen and oxygen atoms in total. The molecule has 0 atom stereocenters. The lowest BCUT2D eigenvalue weighted by molar-refractivity contribution is 0.0527. The quantitative estimate of drug-likeness (QED) is 0.845. The van der Waals surface area contributed by atoms with E-state index in [-0.39, 0.29) is 23.7 Å². The van der Waals surface area contributed by atoms with E-state index in [2.05, 4.69) is 10.1 Å². The van der Waals surface area contributed by atoms with Gasteiger partial charge in [0, 0.05) is 5.38 Å². The van der Waals surface area contributed by atoms with Crippen LogP contribution >= 0.6 is 11.3 Å². The van der Waals surface area contributed by atoms with Crippen molar-refractivity contribution in [2.45, 2.75) is 13.8 Å². The highest BCUT2D eigenvalue weighted by Crippen LogP contribution is 2.16. The SMILES string of the molecule is CCOC(=O)c1cnn(C(=O)c2csc(C)n2)c1N. The number of esters is 1. The minimum Gasteiger partial charge on any atom is -0.462 e. The summed E-state index contributed by atoms with van der Waals surface area (Å²) >= 11 is 1.35. The molecule has 0 fully saturated rings. The van der Waals surface area contributed by atoms with Gasteiger partial charge in [-0.1, -0.05) is 0 Å². The third kappa shape index (κ3) is 2.48. The van der Waals surface area contributed by atoms with Crippen molar-refractivity contribution in [1.29, 1.82) is 0 Å². The average molecular weight is 280 g/mol. The number of nitrogens with zero attached hydrogens (tertiary/aromatic N) is 3. The number of carbonyl (C=O) groups is 2. The highest BCUT2D eigenvalue weighted by atomic mass is 32.1. The van der Waals surface area contributed by atoms with E-state index in [1.165, 1.54) is 17.5 Å². The fourth-order valence-corrected chi connectivity index (χ4v) is 2.04. The van der Waals surface area contributed by atoms with E-state index in [1.54, 1.807) is 19.2 Å². The summed E-state index contributed by atoms with van der Waals surface area (Å²) in [6.07, 6.45) is 1.21. The second kappa shape index (κ2) is 5.19. The molecule has 0 aromatic carbocycles. The monoisotopic (exact) mass is 280 g/mol. The minimum atomic E-state index is -0.603. The molecule has 0 saturated carbocycles. The lowest BCUT2D eigenvalue weighted by atomic mass is 10.3. The van der Waals surface area contributed by atoms with Gasteiger partial charge in [-0.05, 0) is 13.8 Å². The number of aromatic nitrogens is 3. The van der Waals surface area contributed by atoms with Crippen molar-refractivity contribution >= 4 is 29.0 Å². The van der Waals surface area contributed by atoms with E-state index >= 15 is 0 Å². The van der Waals surface area contributed by atoms with E-state index in [4.69, 9.17) is 10.5 Å². The molecule has 2 N–H and O–H groups in total. The zero-order valence-corrected chi connectivity index (χ0v) is 11.2. The molecule has 0 saturated heterocycles. The van der Waals surface area contributed by atoms with Crippen LogP contribution in [-0.4, -0.2) is 33.2 Å². The van der Waals surface area contributed by atoms with Gasteiger partial charge < -0.3 is 10.5 Å². The normalized spacial score (nSPS) is 10.4. The van der Waals surface area contributed by atoms with Gasteiger partial charge in [0.25, 0.3) is 5.91 Å². The lowest BCUT2D eigenvalue weighted by Crippen LogP contribution is -2.17. The van der Waals surface area contributed by atoms with E-state index in [0.29, 0.717) is 0 Å². The third-order valence-corrected chi connectivity index (χ3v) is 3.11. The number of anilines is 1. The number of hydrogen-bond acceptors (Lipinski definition) is 7. The van der Waals surface area contributed by atoms with Crippen LogP contribution in [0.15, 0.2) is 11.6 Å². The molecule has 100 valence electrons. The van der Waals surface area contributed by atoms with Crippen molar-refractivity contribution in [3.63, 3.8) is 0 Å². The molecule has 2 aromatic heterocycles. The first-order valence-corrected chi connectivity index (χ1v) is 6.40. The second-order valence-corrected chi connectivity index (χ2v) is 4.69. The summed E-state index contributed by atoms with van der Waals surface area (Å²) in [6, 6.07) is 0. The first kappa shape index (κ1) is 13.2. The number of rotatable bonds is 3. The van der Waals surface area contributed by atoms with Gasteiger partial charge >= 0.3 is 5.97 Å². The van der Waals surface area contributed by atoms with Gasteiger partial charge in [0.2, 0.25) is 0 Å². The standard InChI is InChI=1S/C11H12N4O3S/c1-3-18-11(17)7-4-13-15(9(7)12)10(16)8-5-19-6(2)14-8/h4-5H,3,12H2,1-2H3. The first-order valence-electron chi connectivity index (χ1n) is 5.52. The maximum absolute atomic E-state index is 12.1. The summed E-state index contributed by atoms with van der Waals surface area (Å²) in [5.74, 6) is -1.12. The summed E-state index contributed by atoms with van der Waals surface area (Å²) < 4.78 is 5.76. The van der Waals surface area contributed by atoms with Crippen molar-refractivity contribution < 1.29 is 14.3 Å². The molecule has 0 spiro atoms. The fraction of sp³-hybridized carbons (Fsp3) is 0.273. The largest absolute Gasteiger partial charge is 0.462 e. The van der Waals surface area contributed by atoms with Gasteiger partial charge in [-0.15, -0.1) is 11.3 Å². The fourth-order valence-electron chi connectivity index (χ4n) is 1.46. The summed E-state index contributed by atoms with van der Waals surface area (Å²) in [5, 5.41) is 6.19. The van der Waals surface area contributed by atoms with Crippen molar-refractivity contribution in [3.8, 4) is 0 Å². The molecule has 0 unspecified atom stereocenters. The molecule has 19 heavy (non-hydrogen) atoms. The third-order valence-electron chi connectivity index (χ3n) is 2.33. The van der Waals surface area contributed by atoms with Crippen LogP contribution in [0.25, 0.3) is 0 Å². The Balaban J connectivity index is 2.32. The van der Waals surface area contributed by atoms with Gasteiger partial charge in [0.15, 0.2) is 0 Å². The molecule has 0 aliphatic heterocycles. The van der Waals surface area contributed by atoms with Crippen molar-refractivity contribution in [3.05, 3.63) is 27.8 Å². The Morgan fingerprint density at radius 1 is 1.53 bits per heavy atom. The highest BCUT2D eigenvalue weighted by Gasteiger charge is 2.21. The Bertz CT molecular complexity index is 632. The molecule has 2 rings (SSSR count). The van der Waals surface area contributed by atoms with Crippen LogP contribution < -0.4 is 5.73 Å². The van der Waals surface area contributed by atoms with E-state index in [1.807, 2.05) is 0 Å². The number of nitrogen functional groups attached to an aromatic ring is 1. The predicted octanol–water partition coefficient (Wildman–Crippen LogP) is 1.10. The smallest absolute Gasteiger partial charge is 0.343 e. The van der Waals surface area contributed by atoms with E-state index in [9.17, 15) is 9.59 Å². The van der Waals surface area contributed by atoms with Gasteiger partial charge in [0.1, 0.15) is 17.1 Å². The number of carbonyl (C=O) groups excluding carboxylic acids is 2. The topological polar surface area (TPSA) is 100 Å². The van der Waals surface area contributed by atoms with Crippen molar-refractivity contribution in [1.82, 2.24) is 14.8 Å². The Labute approximate surface area is 113 Å². The van der Waals surface area contributed by atoms with Gasteiger partial charge in [-0.2, -0.15) is 9.78 Å². The molecule has 0 radical (unpaired) electrons. The average Bonchev–Trinajstić information content (AvgIpc) is 2.95.